The fourth-order valence-electron chi connectivity index (χ4n) is 1.14. The molecular formula is C12H15BrINO2. The van der Waals surface area contributed by atoms with Gasteiger partial charge in [0, 0.05) is 8.04 Å². The van der Waals surface area contributed by atoms with E-state index in [0.29, 0.717) is 5.56 Å². The Bertz CT molecular complexity index is 433. The number of hydrogen-bond acceptors (Lipinski definition) is 2. The topological polar surface area (TPSA) is 49.3 Å². The van der Waals surface area contributed by atoms with E-state index in [1.807, 2.05) is 12.1 Å². The van der Waals surface area contributed by atoms with Crippen LogP contribution in [-0.2, 0) is 0 Å². The Balaban J connectivity index is 2.94. The lowest BCUT2D eigenvalue weighted by Crippen LogP contribution is -2.51. The summed E-state index contributed by atoms with van der Waals surface area (Å²) in [7, 11) is 0. The first-order chi connectivity index (χ1) is 7.74. The standard InChI is InChI=1S/C12H15BrINO2/c1-7(16)12(2,3)15-11(17)9-6-8(13)4-5-10(9)14/h4-7,16H,1-3H3,(H,15,17). The minimum Gasteiger partial charge on any atom is -0.391 e. The third-order valence-corrected chi connectivity index (χ3v) is 4.09. The first-order valence-electron chi connectivity index (χ1n) is 5.19. The fourth-order valence-corrected chi connectivity index (χ4v) is 2.08. The van der Waals surface area contributed by atoms with Gasteiger partial charge >= 0.3 is 0 Å². The van der Waals surface area contributed by atoms with Crippen LogP contribution in [0.25, 0.3) is 0 Å². The van der Waals surface area contributed by atoms with Crippen molar-refractivity contribution in [3.05, 3.63) is 31.8 Å². The van der Waals surface area contributed by atoms with Gasteiger partial charge in [0.15, 0.2) is 0 Å². The monoisotopic (exact) mass is 411 g/mol. The molecule has 1 aromatic carbocycles. The maximum absolute atomic E-state index is 12.1. The average Bonchev–Trinajstić information content (AvgIpc) is 2.20. The molecule has 0 saturated carbocycles. The number of hydrogen-bond donors (Lipinski definition) is 2. The largest absolute Gasteiger partial charge is 0.391 e. The van der Waals surface area contributed by atoms with Gasteiger partial charge < -0.3 is 10.4 Å². The third kappa shape index (κ3) is 3.93. The van der Waals surface area contributed by atoms with Crippen molar-refractivity contribution in [2.75, 3.05) is 0 Å². The molecule has 0 fully saturated rings. The second-order valence-electron chi connectivity index (χ2n) is 4.48. The predicted molar refractivity (Wildman–Crippen MR) is 80.1 cm³/mol. The zero-order chi connectivity index (χ0) is 13.2. The molecule has 1 atom stereocenters. The number of carbonyl (C=O) groups is 1. The smallest absolute Gasteiger partial charge is 0.252 e. The summed E-state index contributed by atoms with van der Waals surface area (Å²) in [4.78, 5) is 12.1. The molecule has 0 saturated heterocycles. The molecule has 1 amide bonds. The Labute approximate surface area is 123 Å². The summed E-state index contributed by atoms with van der Waals surface area (Å²) >= 11 is 5.46. The van der Waals surface area contributed by atoms with Gasteiger partial charge in [-0.05, 0) is 61.6 Å². The van der Waals surface area contributed by atoms with Gasteiger partial charge in [-0.3, -0.25) is 4.79 Å². The number of nitrogens with one attached hydrogen (secondary N) is 1. The minimum absolute atomic E-state index is 0.179. The molecule has 0 spiro atoms. The second kappa shape index (κ2) is 5.67. The van der Waals surface area contributed by atoms with E-state index in [9.17, 15) is 9.90 Å². The van der Waals surface area contributed by atoms with Gasteiger partial charge in [0.1, 0.15) is 0 Å². The Kier molecular flexibility index (Phi) is 4.97. The lowest BCUT2D eigenvalue weighted by atomic mass is 9.98. The van der Waals surface area contributed by atoms with E-state index in [-0.39, 0.29) is 5.91 Å². The van der Waals surface area contributed by atoms with E-state index in [4.69, 9.17) is 0 Å². The molecule has 0 aliphatic heterocycles. The highest BCUT2D eigenvalue weighted by atomic mass is 127. The van der Waals surface area contributed by atoms with E-state index < -0.39 is 11.6 Å². The lowest BCUT2D eigenvalue weighted by molar-refractivity contribution is 0.0708. The van der Waals surface area contributed by atoms with Gasteiger partial charge in [0.25, 0.3) is 5.91 Å². The van der Waals surface area contributed by atoms with Gasteiger partial charge in [-0.15, -0.1) is 0 Å². The molecule has 94 valence electrons. The molecule has 1 rings (SSSR count). The number of carbonyl (C=O) groups excluding carboxylic acids is 1. The highest BCUT2D eigenvalue weighted by Crippen LogP contribution is 2.19. The van der Waals surface area contributed by atoms with Crippen LogP contribution in [0.15, 0.2) is 22.7 Å². The van der Waals surface area contributed by atoms with Gasteiger partial charge in [0.05, 0.1) is 17.2 Å². The number of halogens is 2. The zero-order valence-corrected chi connectivity index (χ0v) is 13.7. The normalized spacial score (nSPS) is 13.3. The zero-order valence-electron chi connectivity index (χ0n) is 9.92. The quantitative estimate of drug-likeness (QED) is 0.751. The lowest BCUT2D eigenvalue weighted by Gasteiger charge is -2.29. The van der Waals surface area contributed by atoms with Crippen molar-refractivity contribution in [1.82, 2.24) is 5.32 Å². The summed E-state index contributed by atoms with van der Waals surface area (Å²) < 4.78 is 1.74. The number of rotatable bonds is 3. The van der Waals surface area contributed by atoms with Crippen molar-refractivity contribution in [3.8, 4) is 0 Å². The summed E-state index contributed by atoms with van der Waals surface area (Å²) in [5, 5.41) is 12.4. The molecule has 2 N–H and O–H groups in total. The van der Waals surface area contributed by atoms with E-state index >= 15 is 0 Å². The Morgan fingerprint density at radius 1 is 1.53 bits per heavy atom. The molecule has 1 unspecified atom stereocenters. The van der Waals surface area contributed by atoms with Gasteiger partial charge in [-0.2, -0.15) is 0 Å². The molecule has 3 nitrogen and oxygen atoms in total. The second-order valence-corrected chi connectivity index (χ2v) is 6.55. The Hall–Kier alpha value is -0.140. The maximum Gasteiger partial charge on any atom is 0.252 e. The molecule has 17 heavy (non-hydrogen) atoms. The van der Waals surface area contributed by atoms with E-state index in [1.165, 1.54) is 0 Å². The van der Waals surface area contributed by atoms with Gasteiger partial charge in [-0.25, -0.2) is 0 Å². The van der Waals surface area contributed by atoms with Crippen molar-refractivity contribution in [2.45, 2.75) is 32.4 Å². The number of aliphatic hydroxyl groups excluding tert-OH is 1. The first-order valence-corrected chi connectivity index (χ1v) is 7.07. The molecule has 0 heterocycles. The molecular weight excluding hydrogens is 397 g/mol. The molecule has 0 radical (unpaired) electrons. The molecule has 1 aromatic rings. The van der Waals surface area contributed by atoms with E-state index in [0.717, 1.165) is 8.04 Å². The van der Waals surface area contributed by atoms with E-state index in [2.05, 4.69) is 43.8 Å². The number of benzene rings is 1. The SMILES string of the molecule is CC(O)C(C)(C)NC(=O)c1cc(Br)ccc1I. The molecule has 0 bridgehead atoms. The Morgan fingerprint density at radius 2 is 2.12 bits per heavy atom. The molecule has 0 aliphatic rings. The maximum atomic E-state index is 12.1. The van der Waals surface area contributed by atoms with Crippen LogP contribution in [0.4, 0.5) is 0 Å². The Morgan fingerprint density at radius 3 is 2.65 bits per heavy atom. The molecule has 0 aromatic heterocycles. The van der Waals surface area contributed by atoms with Crippen LogP contribution >= 0.6 is 38.5 Å². The summed E-state index contributed by atoms with van der Waals surface area (Å²) in [5.41, 5.74) is -0.0450. The highest BCUT2D eigenvalue weighted by molar-refractivity contribution is 14.1. The van der Waals surface area contributed by atoms with Gasteiger partial charge in [-0.1, -0.05) is 15.9 Å². The van der Waals surface area contributed by atoms with Crippen molar-refractivity contribution >= 4 is 44.4 Å². The highest BCUT2D eigenvalue weighted by Gasteiger charge is 2.27. The van der Waals surface area contributed by atoms with Crippen LogP contribution in [0.2, 0.25) is 0 Å². The summed E-state index contributed by atoms with van der Waals surface area (Å²) in [6.07, 6.45) is -0.615. The van der Waals surface area contributed by atoms with Crippen LogP contribution in [0.3, 0.4) is 0 Å². The fraction of sp³-hybridized carbons (Fsp3) is 0.417. The summed E-state index contributed by atoms with van der Waals surface area (Å²) in [6.45, 7) is 5.24. The van der Waals surface area contributed by atoms with Crippen molar-refractivity contribution < 1.29 is 9.90 Å². The molecule has 0 aliphatic carbocycles. The van der Waals surface area contributed by atoms with Crippen LogP contribution in [-0.4, -0.2) is 22.7 Å². The van der Waals surface area contributed by atoms with Crippen LogP contribution < -0.4 is 5.32 Å². The van der Waals surface area contributed by atoms with E-state index in [1.54, 1.807) is 26.8 Å². The van der Waals surface area contributed by atoms with Crippen LogP contribution in [0.5, 0.6) is 0 Å². The summed E-state index contributed by atoms with van der Waals surface area (Å²) in [6, 6.07) is 5.53. The predicted octanol–water partition coefficient (Wildman–Crippen LogP) is 2.94. The summed E-state index contributed by atoms with van der Waals surface area (Å²) in [5.74, 6) is -0.179. The average molecular weight is 412 g/mol. The number of amides is 1. The number of aliphatic hydroxyl groups is 1. The molecule has 5 heteroatoms. The van der Waals surface area contributed by atoms with Gasteiger partial charge in [0.2, 0.25) is 0 Å². The van der Waals surface area contributed by atoms with Crippen LogP contribution in [0.1, 0.15) is 31.1 Å². The van der Waals surface area contributed by atoms with Crippen molar-refractivity contribution in [1.29, 1.82) is 0 Å². The minimum atomic E-state index is -0.650. The third-order valence-electron chi connectivity index (χ3n) is 2.65. The first kappa shape index (κ1) is 14.9. The van der Waals surface area contributed by atoms with Crippen LogP contribution in [0, 0.1) is 3.57 Å². The van der Waals surface area contributed by atoms with Crippen molar-refractivity contribution in [3.63, 3.8) is 0 Å². The van der Waals surface area contributed by atoms with Crippen molar-refractivity contribution in [2.24, 2.45) is 0 Å².